The van der Waals surface area contributed by atoms with Gasteiger partial charge >= 0.3 is 0 Å². The predicted octanol–water partition coefficient (Wildman–Crippen LogP) is 1.83. The molecule has 2 aromatic heterocycles. The number of nitrogens with one attached hydrogen (secondary N) is 1. The Labute approximate surface area is 101 Å². The summed E-state index contributed by atoms with van der Waals surface area (Å²) in [5.74, 6) is 0.270. The smallest absolute Gasteiger partial charge is 0.275 e. The van der Waals surface area contributed by atoms with E-state index in [1.165, 1.54) is 4.68 Å². The van der Waals surface area contributed by atoms with Crippen LogP contribution in [-0.4, -0.2) is 20.7 Å². The molecular weight excluding hydrogens is 272 g/mol. The first-order valence-corrected chi connectivity index (χ1v) is 5.38. The summed E-state index contributed by atoms with van der Waals surface area (Å²) in [4.78, 5) is 15.9. The lowest BCUT2D eigenvalue weighted by Gasteiger charge is -2.04. The van der Waals surface area contributed by atoms with Crippen molar-refractivity contribution in [3.8, 4) is 0 Å². The highest BCUT2D eigenvalue weighted by Crippen LogP contribution is 2.11. The molecule has 2 heterocycles. The minimum Gasteiger partial charge on any atom is -0.305 e. The summed E-state index contributed by atoms with van der Waals surface area (Å²) in [5.41, 5.74) is 0.488. The largest absolute Gasteiger partial charge is 0.305 e. The molecule has 82 valence electrons. The van der Waals surface area contributed by atoms with Crippen molar-refractivity contribution in [1.29, 1.82) is 0 Å². The van der Waals surface area contributed by atoms with Gasteiger partial charge in [-0.3, -0.25) is 9.48 Å². The van der Waals surface area contributed by atoms with Crippen LogP contribution in [0.4, 0.5) is 5.82 Å². The van der Waals surface area contributed by atoms with Crippen LogP contribution in [0.25, 0.3) is 0 Å². The van der Waals surface area contributed by atoms with Crippen molar-refractivity contribution in [2.24, 2.45) is 7.05 Å². The molecule has 1 N–H and O–H groups in total. The Kier molecular flexibility index (Phi) is 3.00. The molecule has 0 saturated carbocycles. The molecule has 0 spiro atoms. The van der Waals surface area contributed by atoms with E-state index in [2.05, 4.69) is 31.3 Å². The molecule has 2 aromatic rings. The van der Waals surface area contributed by atoms with Crippen molar-refractivity contribution in [1.82, 2.24) is 14.8 Å². The van der Waals surface area contributed by atoms with Crippen LogP contribution in [-0.2, 0) is 7.05 Å². The second-order valence-electron chi connectivity index (χ2n) is 3.14. The number of anilines is 1. The maximum absolute atomic E-state index is 11.8. The first-order chi connectivity index (χ1) is 7.66. The van der Waals surface area contributed by atoms with Crippen molar-refractivity contribution < 1.29 is 4.79 Å². The van der Waals surface area contributed by atoms with Gasteiger partial charge in [-0.1, -0.05) is 6.07 Å². The molecule has 0 aliphatic heterocycles. The number of rotatable bonds is 2. The van der Waals surface area contributed by atoms with E-state index in [0.717, 1.165) is 0 Å². The molecule has 0 fully saturated rings. The maximum Gasteiger partial charge on any atom is 0.275 e. The van der Waals surface area contributed by atoms with Crippen molar-refractivity contribution in [2.75, 3.05) is 5.32 Å². The average molecular weight is 281 g/mol. The number of hydrogen-bond donors (Lipinski definition) is 1. The maximum atomic E-state index is 11.8. The fourth-order valence-electron chi connectivity index (χ4n) is 1.25. The minimum atomic E-state index is -0.231. The number of aromatic nitrogens is 3. The Morgan fingerprint density at radius 1 is 1.44 bits per heavy atom. The zero-order chi connectivity index (χ0) is 11.5. The lowest BCUT2D eigenvalue weighted by atomic mass is 10.4. The molecule has 0 aliphatic rings. The molecule has 1 amide bonds. The summed E-state index contributed by atoms with van der Waals surface area (Å²) in [6.07, 6.45) is 1.57. The van der Waals surface area contributed by atoms with Gasteiger partial charge in [-0.15, -0.1) is 0 Å². The highest BCUT2D eigenvalue weighted by atomic mass is 79.9. The molecular formula is C10H9BrN4O. The van der Waals surface area contributed by atoms with E-state index in [1.54, 1.807) is 37.5 Å². The summed E-state index contributed by atoms with van der Waals surface area (Å²) in [6.45, 7) is 0. The van der Waals surface area contributed by atoms with Crippen LogP contribution in [0.5, 0.6) is 0 Å². The summed E-state index contributed by atoms with van der Waals surface area (Å²) in [6, 6.07) is 6.96. The summed E-state index contributed by atoms with van der Waals surface area (Å²) in [5, 5.41) is 6.61. The quantitative estimate of drug-likeness (QED) is 0.854. The fraction of sp³-hybridized carbons (Fsp3) is 0.100. The third-order valence-electron chi connectivity index (χ3n) is 2.01. The monoisotopic (exact) mass is 280 g/mol. The summed E-state index contributed by atoms with van der Waals surface area (Å²) < 4.78 is 2.18. The highest BCUT2D eigenvalue weighted by Gasteiger charge is 2.10. The Morgan fingerprint density at radius 3 is 2.88 bits per heavy atom. The van der Waals surface area contributed by atoms with E-state index in [1.807, 2.05) is 0 Å². The number of halogens is 1. The third kappa shape index (κ3) is 2.27. The van der Waals surface area contributed by atoms with Gasteiger partial charge in [0.25, 0.3) is 5.91 Å². The molecule has 6 heteroatoms. The van der Waals surface area contributed by atoms with Crippen LogP contribution < -0.4 is 5.32 Å². The molecule has 0 aromatic carbocycles. The SMILES string of the molecule is Cn1nccc1C(=O)Nc1cccc(Br)n1. The van der Waals surface area contributed by atoms with Crippen LogP contribution in [0.1, 0.15) is 10.5 Å². The molecule has 5 nitrogen and oxygen atoms in total. The van der Waals surface area contributed by atoms with Gasteiger partial charge in [0.2, 0.25) is 0 Å². The summed E-state index contributed by atoms with van der Waals surface area (Å²) in [7, 11) is 1.71. The number of nitrogens with zero attached hydrogens (tertiary/aromatic N) is 3. The minimum absolute atomic E-state index is 0.231. The number of aryl methyl sites for hydroxylation is 1. The van der Waals surface area contributed by atoms with Gasteiger partial charge in [0.15, 0.2) is 0 Å². The number of hydrogen-bond acceptors (Lipinski definition) is 3. The topological polar surface area (TPSA) is 59.8 Å². The standard InChI is InChI=1S/C10H9BrN4O/c1-15-7(5-6-12-15)10(16)14-9-4-2-3-8(11)13-9/h2-6H,1H3,(H,13,14,16). The van der Waals surface area contributed by atoms with Gasteiger partial charge in [0.05, 0.1) is 0 Å². The van der Waals surface area contributed by atoms with Gasteiger partial charge in [0.1, 0.15) is 16.1 Å². The molecule has 0 saturated heterocycles. The molecule has 0 radical (unpaired) electrons. The van der Waals surface area contributed by atoms with Gasteiger partial charge in [-0.2, -0.15) is 5.10 Å². The van der Waals surface area contributed by atoms with Crippen molar-refractivity contribution in [2.45, 2.75) is 0 Å². The average Bonchev–Trinajstić information content (AvgIpc) is 2.64. The molecule has 0 atom stereocenters. The Balaban J connectivity index is 2.17. The number of pyridine rings is 1. The molecule has 0 aliphatic carbocycles. The first-order valence-electron chi connectivity index (χ1n) is 4.59. The van der Waals surface area contributed by atoms with Crippen molar-refractivity contribution in [3.63, 3.8) is 0 Å². The second kappa shape index (κ2) is 4.44. The van der Waals surface area contributed by atoms with Crippen LogP contribution in [0.15, 0.2) is 35.1 Å². The first kappa shape index (κ1) is 10.8. The normalized spacial score (nSPS) is 10.1. The van der Waals surface area contributed by atoms with Gasteiger partial charge in [-0.25, -0.2) is 4.98 Å². The Bertz CT molecular complexity index is 523. The Morgan fingerprint density at radius 2 is 2.25 bits per heavy atom. The van der Waals surface area contributed by atoms with E-state index in [-0.39, 0.29) is 5.91 Å². The fourth-order valence-corrected chi connectivity index (χ4v) is 1.60. The second-order valence-corrected chi connectivity index (χ2v) is 3.95. The lowest BCUT2D eigenvalue weighted by molar-refractivity contribution is 0.101. The number of carbonyl (C=O) groups excluding carboxylic acids is 1. The van der Waals surface area contributed by atoms with E-state index in [9.17, 15) is 4.79 Å². The van der Waals surface area contributed by atoms with Crippen molar-refractivity contribution >= 4 is 27.7 Å². The van der Waals surface area contributed by atoms with Gasteiger partial charge in [0, 0.05) is 13.2 Å². The number of amides is 1. The van der Waals surface area contributed by atoms with Crippen molar-refractivity contribution in [3.05, 3.63) is 40.8 Å². The van der Waals surface area contributed by atoms with E-state index in [4.69, 9.17) is 0 Å². The molecule has 0 unspecified atom stereocenters. The van der Waals surface area contributed by atoms with E-state index < -0.39 is 0 Å². The highest BCUT2D eigenvalue weighted by molar-refractivity contribution is 9.10. The zero-order valence-corrected chi connectivity index (χ0v) is 10.1. The van der Waals surface area contributed by atoms with Crippen LogP contribution >= 0.6 is 15.9 Å². The van der Waals surface area contributed by atoms with E-state index >= 15 is 0 Å². The van der Waals surface area contributed by atoms with Crippen LogP contribution in [0.3, 0.4) is 0 Å². The predicted molar refractivity (Wildman–Crippen MR) is 63.1 cm³/mol. The molecule has 0 bridgehead atoms. The van der Waals surface area contributed by atoms with E-state index in [0.29, 0.717) is 16.1 Å². The lowest BCUT2D eigenvalue weighted by Crippen LogP contribution is -2.16. The zero-order valence-electron chi connectivity index (χ0n) is 8.51. The van der Waals surface area contributed by atoms with Crippen LogP contribution in [0, 0.1) is 0 Å². The number of carbonyl (C=O) groups is 1. The Hall–Kier alpha value is -1.69. The summed E-state index contributed by atoms with van der Waals surface area (Å²) >= 11 is 3.24. The van der Waals surface area contributed by atoms with Crippen LogP contribution in [0.2, 0.25) is 0 Å². The third-order valence-corrected chi connectivity index (χ3v) is 2.45. The van der Waals surface area contributed by atoms with Gasteiger partial charge < -0.3 is 5.32 Å². The molecule has 16 heavy (non-hydrogen) atoms. The van der Waals surface area contributed by atoms with Gasteiger partial charge in [-0.05, 0) is 34.1 Å². The molecule has 2 rings (SSSR count).